The highest BCUT2D eigenvalue weighted by Gasteiger charge is 2.26. The number of amides is 1. The molecule has 0 spiro atoms. The Labute approximate surface area is 163 Å². The average Bonchev–Trinajstić information content (AvgIpc) is 2.72. The van der Waals surface area contributed by atoms with E-state index in [2.05, 4.69) is 10.3 Å². The summed E-state index contributed by atoms with van der Waals surface area (Å²) in [5.74, 6) is 0.177. The van der Waals surface area contributed by atoms with Gasteiger partial charge in [-0.25, -0.2) is 13.4 Å². The van der Waals surface area contributed by atoms with E-state index < -0.39 is 10.0 Å². The zero-order valence-electron chi connectivity index (χ0n) is 14.7. The van der Waals surface area contributed by atoms with Crippen LogP contribution in [0.5, 0.6) is 0 Å². The van der Waals surface area contributed by atoms with Gasteiger partial charge in [0.05, 0.1) is 28.9 Å². The lowest BCUT2D eigenvalue weighted by atomic mass is 10.2. The maximum atomic E-state index is 12.6. The lowest BCUT2D eigenvalue weighted by molar-refractivity contribution is -0.118. The Hall–Kier alpha value is -1.94. The number of carbonyl (C=O) groups is 1. The van der Waals surface area contributed by atoms with Gasteiger partial charge in [-0.15, -0.1) is 0 Å². The second-order valence-electron chi connectivity index (χ2n) is 5.89. The summed E-state index contributed by atoms with van der Waals surface area (Å²) < 4.78 is 31.8. The number of pyridine rings is 1. The van der Waals surface area contributed by atoms with Gasteiger partial charge in [0, 0.05) is 25.8 Å². The molecular weight excluding hydrogens is 386 g/mol. The summed E-state index contributed by atoms with van der Waals surface area (Å²) in [6.45, 7) is 1.92. The topological polar surface area (TPSA) is 88.6 Å². The first kappa shape index (κ1) is 19.8. The fourth-order valence-corrected chi connectivity index (χ4v) is 4.64. The Morgan fingerprint density at radius 3 is 2.56 bits per heavy atom. The van der Waals surface area contributed by atoms with Crippen molar-refractivity contribution < 1.29 is 17.9 Å². The van der Waals surface area contributed by atoms with Gasteiger partial charge in [0.2, 0.25) is 15.9 Å². The molecule has 3 rings (SSSR count). The summed E-state index contributed by atoms with van der Waals surface area (Å²) in [6.07, 6.45) is 1.69. The van der Waals surface area contributed by atoms with Gasteiger partial charge in [-0.2, -0.15) is 4.31 Å². The largest absolute Gasteiger partial charge is 0.379 e. The lowest BCUT2D eigenvalue weighted by Crippen LogP contribution is -2.40. The van der Waals surface area contributed by atoms with E-state index in [1.807, 2.05) is 18.2 Å². The van der Waals surface area contributed by atoms with Gasteiger partial charge in [-0.3, -0.25) is 4.79 Å². The van der Waals surface area contributed by atoms with Crippen molar-refractivity contribution in [2.45, 2.75) is 16.5 Å². The number of hydrogen-bond acceptors (Lipinski definition) is 6. The number of aromatic nitrogens is 1. The third-order valence-electron chi connectivity index (χ3n) is 4.01. The van der Waals surface area contributed by atoms with Crippen molar-refractivity contribution in [2.24, 2.45) is 0 Å². The first-order valence-corrected chi connectivity index (χ1v) is 11.0. The summed E-state index contributed by atoms with van der Waals surface area (Å²) >= 11 is 1.37. The third-order valence-corrected chi connectivity index (χ3v) is 6.87. The van der Waals surface area contributed by atoms with Gasteiger partial charge in [0.1, 0.15) is 0 Å². The second-order valence-corrected chi connectivity index (χ2v) is 8.83. The van der Waals surface area contributed by atoms with E-state index in [0.29, 0.717) is 32.8 Å². The quantitative estimate of drug-likeness (QED) is 0.700. The number of thioether (sulfide) groups is 1. The molecule has 1 aliphatic rings. The van der Waals surface area contributed by atoms with Crippen molar-refractivity contribution in [2.75, 3.05) is 32.1 Å². The minimum absolute atomic E-state index is 0.101. The number of hydrogen-bond donors (Lipinski definition) is 1. The maximum absolute atomic E-state index is 12.6. The average molecular weight is 408 g/mol. The molecular formula is C18H21N3O4S2. The first-order chi connectivity index (χ1) is 13.1. The van der Waals surface area contributed by atoms with E-state index in [9.17, 15) is 13.2 Å². The highest BCUT2D eigenvalue weighted by atomic mass is 32.2. The van der Waals surface area contributed by atoms with Crippen LogP contribution in [0.1, 0.15) is 5.56 Å². The zero-order valence-corrected chi connectivity index (χ0v) is 16.3. The Morgan fingerprint density at radius 2 is 1.89 bits per heavy atom. The predicted molar refractivity (Wildman–Crippen MR) is 103 cm³/mol. The molecule has 2 aromatic rings. The fourth-order valence-electron chi connectivity index (χ4n) is 2.54. The molecule has 0 radical (unpaired) electrons. The molecule has 2 heterocycles. The number of ether oxygens (including phenoxy) is 1. The second kappa shape index (κ2) is 9.32. The Bertz CT molecular complexity index is 852. The number of rotatable bonds is 7. The number of sulfonamides is 1. The Kier molecular flexibility index (Phi) is 6.84. The van der Waals surface area contributed by atoms with E-state index >= 15 is 0 Å². The molecule has 1 aromatic carbocycles. The highest BCUT2D eigenvalue weighted by molar-refractivity contribution is 7.99. The van der Waals surface area contributed by atoms with Gasteiger partial charge in [-0.1, -0.05) is 30.0 Å². The van der Waals surface area contributed by atoms with Crippen LogP contribution in [0.3, 0.4) is 0 Å². The molecule has 1 amide bonds. The number of morpholine rings is 1. The van der Waals surface area contributed by atoms with Crippen molar-refractivity contribution in [3.63, 3.8) is 0 Å². The maximum Gasteiger partial charge on any atom is 0.243 e. The molecule has 1 fully saturated rings. The number of benzene rings is 1. The highest BCUT2D eigenvalue weighted by Crippen LogP contribution is 2.18. The predicted octanol–water partition coefficient (Wildman–Crippen LogP) is 1.51. The van der Waals surface area contributed by atoms with Crippen molar-refractivity contribution in [1.29, 1.82) is 0 Å². The monoisotopic (exact) mass is 407 g/mol. The van der Waals surface area contributed by atoms with Gasteiger partial charge >= 0.3 is 0 Å². The standard InChI is InChI=1S/C18H21N3O4S2/c22-17(14-26-18-3-1-2-8-19-18)20-13-15-4-6-16(7-5-15)27(23,24)21-9-11-25-12-10-21/h1-8H,9-14H2,(H,20,22). The molecule has 27 heavy (non-hydrogen) atoms. The Balaban J connectivity index is 1.50. The molecule has 0 saturated carbocycles. The van der Waals surface area contributed by atoms with Crippen LogP contribution >= 0.6 is 11.8 Å². The van der Waals surface area contributed by atoms with Crippen LogP contribution in [-0.2, 0) is 26.1 Å². The molecule has 9 heteroatoms. The molecule has 1 saturated heterocycles. The first-order valence-electron chi connectivity index (χ1n) is 8.53. The van der Waals surface area contributed by atoms with Crippen LogP contribution < -0.4 is 5.32 Å². The van der Waals surface area contributed by atoms with E-state index in [0.717, 1.165) is 10.6 Å². The zero-order chi connectivity index (χ0) is 19.1. The van der Waals surface area contributed by atoms with Crippen molar-refractivity contribution >= 4 is 27.7 Å². The molecule has 1 aliphatic heterocycles. The van der Waals surface area contributed by atoms with E-state index in [-0.39, 0.29) is 16.6 Å². The molecule has 0 unspecified atom stereocenters. The SMILES string of the molecule is O=C(CSc1ccccn1)NCc1ccc(S(=O)(=O)N2CCOCC2)cc1. The molecule has 1 N–H and O–H groups in total. The third kappa shape index (κ3) is 5.52. The van der Waals surface area contributed by atoms with E-state index in [1.54, 1.807) is 30.5 Å². The molecule has 0 aliphatic carbocycles. The summed E-state index contributed by atoms with van der Waals surface area (Å²) in [5.41, 5.74) is 0.840. The number of carbonyl (C=O) groups excluding carboxylic acids is 1. The van der Waals surface area contributed by atoms with Gasteiger partial charge in [0.25, 0.3) is 0 Å². The number of nitrogens with zero attached hydrogens (tertiary/aromatic N) is 2. The molecule has 1 aromatic heterocycles. The molecule has 144 valence electrons. The molecule has 0 bridgehead atoms. The minimum atomic E-state index is -3.49. The van der Waals surface area contributed by atoms with Gasteiger partial charge in [-0.05, 0) is 29.8 Å². The van der Waals surface area contributed by atoms with Crippen LogP contribution in [0.15, 0.2) is 58.6 Å². The van der Waals surface area contributed by atoms with E-state index in [1.165, 1.54) is 16.1 Å². The fraction of sp³-hybridized carbons (Fsp3) is 0.333. The van der Waals surface area contributed by atoms with Crippen molar-refractivity contribution in [3.05, 3.63) is 54.2 Å². The summed E-state index contributed by atoms with van der Waals surface area (Å²) in [7, 11) is -3.49. The van der Waals surface area contributed by atoms with E-state index in [4.69, 9.17) is 4.74 Å². The van der Waals surface area contributed by atoms with Crippen LogP contribution in [0, 0.1) is 0 Å². The van der Waals surface area contributed by atoms with Crippen molar-refractivity contribution in [3.8, 4) is 0 Å². The van der Waals surface area contributed by atoms with Crippen LogP contribution in [0.25, 0.3) is 0 Å². The molecule has 0 atom stereocenters. The summed E-state index contributed by atoms with van der Waals surface area (Å²) in [4.78, 5) is 16.4. The summed E-state index contributed by atoms with van der Waals surface area (Å²) in [5, 5.41) is 3.62. The smallest absolute Gasteiger partial charge is 0.243 e. The molecule has 7 nitrogen and oxygen atoms in total. The van der Waals surface area contributed by atoms with Crippen LogP contribution in [0.4, 0.5) is 0 Å². The van der Waals surface area contributed by atoms with Crippen LogP contribution in [-0.4, -0.2) is 55.7 Å². The van der Waals surface area contributed by atoms with Gasteiger partial charge in [0.15, 0.2) is 0 Å². The normalized spacial score (nSPS) is 15.4. The number of nitrogens with one attached hydrogen (secondary N) is 1. The van der Waals surface area contributed by atoms with Crippen LogP contribution in [0.2, 0.25) is 0 Å². The summed E-state index contributed by atoms with van der Waals surface area (Å²) in [6, 6.07) is 12.2. The van der Waals surface area contributed by atoms with Gasteiger partial charge < -0.3 is 10.1 Å². The minimum Gasteiger partial charge on any atom is -0.379 e. The van der Waals surface area contributed by atoms with Crippen molar-refractivity contribution in [1.82, 2.24) is 14.6 Å². The Morgan fingerprint density at radius 1 is 1.15 bits per heavy atom. The lowest BCUT2D eigenvalue weighted by Gasteiger charge is -2.26.